The van der Waals surface area contributed by atoms with Crippen LogP contribution in [0.2, 0.25) is 0 Å². The molecule has 0 bridgehead atoms. The monoisotopic (exact) mass is 397 g/mol. The maximum Gasteiger partial charge on any atom is 0.410 e. The van der Waals surface area contributed by atoms with Crippen molar-refractivity contribution in [1.29, 1.82) is 0 Å². The Balaban J connectivity index is 1.66. The first-order valence-electron chi connectivity index (χ1n) is 9.93. The van der Waals surface area contributed by atoms with Crippen LogP contribution in [0.25, 0.3) is 11.1 Å². The smallest absolute Gasteiger partial charge is 0.410 e. The minimum absolute atomic E-state index is 0.0595. The maximum absolute atomic E-state index is 12.5. The average molecular weight is 397 g/mol. The van der Waals surface area contributed by atoms with E-state index < -0.39 is 18.1 Å². The van der Waals surface area contributed by atoms with Crippen LogP contribution in [0.4, 0.5) is 4.79 Å². The second-order valence-electron chi connectivity index (χ2n) is 7.20. The fourth-order valence-corrected chi connectivity index (χ4v) is 3.61. The zero-order valence-corrected chi connectivity index (χ0v) is 16.8. The molecule has 3 rings (SSSR count). The van der Waals surface area contributed by atoms with Crippen molar-refractivity contribution in [3.8, 4) is 11.1 Å². The van der Waals surface area contributed by atoms with E-state index >= 15 is 0 Å². The third-order valence-corrected chi connectivity index (χ3v) is 5.29. The Morgan fingerprint density at radius 2 is 1.66 bits per heavy atom. The van der Waals surface area contributed by atoms with Crippen LogP contribution >= 0.6 is 0 Å². The number of fused-ring (bicyclic) bond motifs is 3. The Hall–Kier alpha value is -2.86. The van der Waals surface area contributed by atoms with Crippen LogP contribution in [0.1, 0.15) is 36.8 Å². The molecule has 0 fully saturated rings. The molecule has 0 spiro atoms. The third-order valence-electron chi connectivity index (χ3n) is 5.29. The molecular formula is C23H27NO5. The zero-order chi connectivity index (χ0) is 20.8. The molecule has 0 saturated heterocycles. The van der Waals surface area contributed by atoms with Crippen LogP contribution in [0.15, 0.2) is 48.5 Å². The molecule has 154 valence electrons. The molecule has 29 heavy (non-hydrogen) atoms. The Kier molecular flexibility index (Phi) is 6.88. The van der Waals surface area contributed by atoms with E-state index in [2.05, 4.69) is 12.1 Å². The first kappa shape index (κ1) is 20.9. The molecule has 1 atom stereocenters. The number of nitrogens with zero attached hydrogens (tertiary/aromatic N) is 1. The van der Waals surface area contributed by atoms with Crippen molar-refractivity contribution >= 4 is 12.1 Å². The predicted octanol–water partition coefficient (Wildman–Crippen LogP) is 4.14. The largest absolute Gasteiger partial charge is 0.480 e. The van der Waals surface area contributed by atoms with Crippen molar-refractivity contribution in [2.45, 2.75) is 31.7 Å². The van der Waals surface area contributed by atoms with Crippen LogP contribution in [-0.4, -0.2) is 55.0 Å². The molecule has 1 amide bonds. The van der Waals surface area contributed by atoms with E-state index in [9.17, 15) is 14.7 Å². The molecule has 1 N–H and O–H groups in total. The van der Waals surface area contributed by atoms with Crippen molar-refractivity contribution in [3.05, 3.63) is 59.7 Å². The van der Waals surface area contributed by atoms with Gasteiger partial charge in [-0.15, -0.1) is 0 Å². The molecule has 6 heteroatoms. The lowest BCUT2D eigenvalue weighted by molar-refractivity contribution is -0.144. The van der Waals surface area contributed by atoms with Gasteiger partial charge in [-0.2, -0.15) is 0 Å². The summed E-state index contributed by atoms with van der Waals surface area (Å²) in [6, 6.07) is 15.1. The number of carbonyl (C=O) groups is 2. The first-order valence-corrected chi connectivity index (χ1v) is 9.93. The van der Waals surface area contributed by atoms with E-state index in [1.165, 1.54) is 7.05 Å². The summed E-state index contributed by atoms with van der Waals surface area (Å²) in [6.45, 7) is 2.59. The van der Waals surface area contributed by atoms with E-state index in [4.69, 9.17) is 9.47 Å². The summed E-state index contributed by atoms with van der Waals surface area (Å²) in [5.74, 6) is -1.18. The highest BCUT2D eigenvalue weighted by atomic mass is 16.6. The number of amides is 1. The first-order chi connectivity index (χ1) is 14.0. The van der Waals surface area contributed by atoms with Crippen LogP contribution in [-0.2, 0) is 14.3 Å². The van der Waals surface area contributed by atoms with Crippen LogP contribution < -0.4 is 0 Å². The molecule has 6 nitrogen and oxygen atoms in total. The average Bonchev–Trinajstić information content (AvgIpc) is 3.05. The van der Waals surface area contributed by atoms with Gasteiger partial charge in [0, 0.05) is 19.6 Å². The zero-order valence-electron chi connectivity index (χ0n) is 16.8. The lowest BCUT2D eigenvalue weighted by Gasteiger charge is -2.25. The highest BCUT2D eigenvalue weighted by molar-refractivity contribution is 5.81. The van der Waals surface area contributed by atoms with E-state index in [0.29, 0.717) is 6.61 Å². The molecule has 0 aliphatic heterocycles. The minimum atomic E-state index is -1.11. The van der Waals surface area contributed by atoms with Gasteiger partial charge in [0.05, 0.1) is 6.61 Å². The highest BCUT2D eigenvalue weighted by Gasteiger charge is 2.32. The third kappa shape index (κ3) is 4.59. The molecule has 0 aromatic heterocycles. The number of rotatable bonds is 9. The van der Waals surface area contributed by atoms with Gasteiger partial charge >= 0.3 is 12.1 Å². The van der Waals surface area contributed by atoms with Gasteiger partial charge in [0.15, 0.2) is 6.04 Å². The van der Waals surface area contributed by atoms with Crippen molar-refractivity contribution in [1.82, 2.24) is 4.90 Å². The Morgan fingerprint density at radius 3 is 2.21 bits per heavy atom. The Morgan fingerprint density at radius 1 is 1.07 bits per heavy atom. The van der Waals surface area contributed by atoms with E-state index in [-0.39, 0.29) is 19.1 Å². The van der Waals surface area contributed by atoms with Crippen LogP contribution in [0.3, 0.4) is 0 Å². The molecule has 0 unspecified atom stereocenters. The molecule has 1 aliphatic rings. The maximum atomic E-state index is 12.5. The van der Waals surface area contributed by atoms with Crippen molar-refractivity contribution < 1.29 is 24.2 Å². The molecule has 1 aliphatic carbocycles. The number of likely N-dealkylation sites (N-methyl/N-ethyl adjacent to an activating group) is 1. The number of carboxylic acid groups (broad SMARTS) is 1. The van der Waals surface area contributed by atoms with Crippen molar-refractivity contribution in [3.63, 3.8) is 0 Å². The molecule has 0 heterocycles. The summed E-state index contributed by atoms with van der Waals surface area (Å²) in [7, 11) is 1.43. The predicted molar refractivity (Wildman–Crippen MR) is 110 cm³/mol. The molecule has 2 aromatic carbocycles. The summed E-state index contributed by atoms with van der Waals surface area (Å²) in [4.78, 5) is 25.2. The van der Waals surface area contributed by atoms with Gasteiger partial charge in [-0.25, -0.2) is 9.59 Å². The van der Waals surface area contributed by atoms with Crippen molar-refractivity contribution in [2.24, 2.45) is 0 Å². The van der Waals surface area contributed by atoms with Gasteiger partial charge in [0.2, 0.25) is 0 Å². The van der Waals surface area contributed by atoms with Gasteiger partial charge in [-0.05, 0) is 28.7 Å². The molecule has 0 saturated carbocycles. The van der Waals surface area contributed by atoms with Gasteiger partial charge in [0.1, 0.15) is 6.61 Å². The lowest BCUT2D eigenvalue weighted by atomic mass is 9.98. The van der Waals surface area contributed by atoms with Gasteiger partial charge in [-0.3, -0.25) is 4.90 Å². The van der Waals surface area contributed by atoms with Crippen LogP contribution in [0, 0.1) is 0 Å². The fourth-order valence-electron chi connectivity index (χ4n) is 3.61. The summed E-state index contributed by atoms with van der Waals surface area (Å²) in [5.41, 5.74) is 4.51. The number of unbranched alkanes of at least 4 members (excludes halogenated alkanes) is 1. The molecule has 0 radical (unpaired) electrons. The second-order valence-corrected chi connectivity index (χ2v) is 7.20. The summed E-state index contributed by atoms with van der Waals surface area (Å²) >= 11 is 0. The van der Waals surface area contributed by atoms with E-state index in [1.807, 2.05) is 43.3 Å². The summed E-state index contributed by atoms with van der Waals surface area (Å²) in [5, 5.41) is 9.46. The van der Waals surface area contributed by atoms with Crippen molar-refractivity contribution in [2.75, 3.05) is 26.9 Å². The fraction of sp³-hybridized carbons (Fsp3) is 0.391. The van der Waals surface area contributed by atoms with Crippen LogP contribution in [0.5, 0.6) is 0 Å². The van der Waals surface area contributed by atoms with Gasteiger partial charge in [0.25, 0.3) is 0 Å². The summed E-state index contributed by atoms with van der Waals surface area (Å²) in [6.07, 6.45) is 1.14. The number of hydrogen-bond acceptors (Lipinski definition) is 4. The topological polar surface area (TPSA) is 76.1 Å². The number of ether oxygens (including phenoxy) is 2. The summed E-state index contributed by atoms with van der Waals surface area (Å²) < 4.78 is 10.9. The number of benzene rings is 2. The highest BCUT2D eigenvalue weighted by Crippen LogP contribution is 2.44. The number of carbonyl (C=O) groups excluding carboxylic acids is 1. The Labute approximate surface area is 171 Å². The Bertz CT molecular complexity index is 820. The minimum Gasteiger partial charge on any atom is -0.480 e. The standard InChI is InChI=1S/C23H27NO5/c1-3-4-13-28-15-21(22(25)26)24(2)23(27)29-14-20-18-11-7-5-9-16(18)17-10-6-8-12-19(17)20/h5-12,20-21H,3-4,13-15H2,1-2H3,(H,25,26)/t21-/m0/s1. The molecule has 2 aromatic rings. The van der Waals surface area contributed by atoms with E-state index in [1.54, 1.807) is 0 Å². The second kappa shape index (κ2) is 9.56. The number of hydrogen-bond donors (Lipinski definition) is 1. The normalized spacial score (nSPS) is 13.4. The number of carboxylic acids is 1. The lowest BCUT2D eigenvalue weighted by Crippen LogP contribution is -2.46. The quantitative estimate of drug-likeness (QED) is 0.644. The van der Waals surface area contributed by atoms with E-state index in [0.717, 1.165) is 40.0 Å². The number of aliphatic carboxylic acids is 1. The molecular weight excluding hydrogens is 370 g/mol. The van der Waals surface area contributed by atoms with Gasteiger partial charge < -0.3 is 14.6 Å². The van der Waals surface area contributed by atoms with Gasteiger partial charge in [-0.1, -0.05) is 61.9 Å². The SMILES string of the molecule is CCCCOC[C@@H](C(=O)O)N(C)C(=O)OCC1c2ccccc2-c2ccccc21.